The van der Waals surface area contributed by atoms with Gasteiger partial charge < -0.3 is 9.64 Å². The summed E-state index contributed by atoms with van der Waals surface area (Å²) in [6.45, 7) is 11.8. The van der Waals surface area contributed by atoms with Crippen LogP contribution in [0.15, 0.2) is 0 Å². The van der Waals surface area contributed by atoms with Crippen LogP contribution in [-0.4, -0.2) is 84.7 Å². The van der Waals surface area contributed by atoms with E-state index in [0.717, 1.165) is 45.9 Å². The van der Waals surface area contributed by atoms with E-state index in [9.17, 15) is 4.79 Å². The molecule has 3 aliphatic heterocycles. The number of nitrogens with zero attached hydrogens (tertiary/aromatic N) is 3. The van der Waals surface area contributed by atoms with Crippen LogP contribution in [0.4, 0.5) is 0 Å². The fraction of sp³-hybridized carbons (Fsp3) is 0.941. The molecule has 1 atom stereocenters. The van der Waals surface area contributed by atoms with Gasteiger partial charge in [0, 0.05) is 39.6 Å². The third-order valence-corrected chi connectivity index (χ3v) is 5.56. The van der Waals surface area contributed by atoms with Gasteiger partial charge in [-0.15, -0.1) is 0 Å². The quantitative estimate of drug-likeness (QED) is 0.715. The lowest BCUT2D eigenvalue weighted by Crippen LogP contribution is -2.80. The molecule has 0 aromatic heterocycles. The van der Waals surface area contributed by atoms with Crippen molar-refractivity contribution in [1.29, 1.82) is 0 Å². The lowest BCUT2D eigenvalue weighted by Gasteiger charge is -2.63. The molecule has 3 saturated heterocycles. The number of ether oxygens (including phenoxy) is 1. The molecule has 0 aliphatic carbocycles. The third kappa shape index (κ3) is 3.17. The Labute approximate surface area is 134 Å². The Hall–Kier alpha value is -0.650. The van der Waals surface area contributed by atoms with E-state index in [1.165, 1.54) is 32.2 Å². The van der Waals surface area contributed by atoms with Crippen LogP contribution in [0.25, 0.3) is 0 Å². The first-order chi connectivity index (χ1) is 10.6. The van der Waals surface area contributed by atoms with Crippen molar-refractivity contribution in [3.8, 4) is 0 Å². The zero-order valence-electron chi connectivity index (χ0n) is 14.2. The second kappa shape index (κ2) is 6.85. The number of amides is 1. The average Bonchev–Trinajstić information content (AvgIpc) is 2.49. The largest absolute Gasteiger partial charge is 0.378 e. The van der Waals surface area contributed by atoms with E-state index < -0.39 is 0 Å². The smallest absolute Gasteiger partial charge is 0.219 e. The molecule has 0 radical (unpaired) electrons. The van der Waals surface area contributed by atoms with E-state index in [1.807, 2.05) is 4.90 Å². The number of unbranched alkanes of at least 4 members (excludes halogenated alkanes) is 3. The molecule has 0 N–H and O–H groups in total. The van der Waals surface area contributed by atoms with Crippen LogP contribution in [-0.2, 0) is 9.53 Å². The van der Waals surface area contributed by atoms with E-state index in [-0.39, 0.29) is 11.4 Å². The van der Waals surface area contributed by atoms with Crippen molar-refractivity contribution < 1.29 is 9.53 Å². The minimum Gasteiger partial charge on any atom is -0.378 e. The Morgan fingerprint density at radius 3 is 2.77 bits per heavy atom. The maximum atomic E-state index is 11.9. The van der Waals surface area contributed by atoms with Crippen molar-refractivity contribution >= 4 is 5.91 Å². The van der Waals surface area contributed by atoms with E-state index in [2.05, 4.69) is 16.7 Å². The molecule has 3 rings (SSSR count). The van der Waals surface area contributed by atoms with Crippen molar-refractivity contribution in [3.63, 3.8) is 0 Å². The normalized spacial score (nSPS) is 28.5. The lowest BCUT2D eigenvalue weighted by atomic mass is 9.82. The van der Waals surface area contributed by atoms with Crippen molar-refractivity contribution in [2.75, 3.05) is 52.5 Å². The summed E-state index contributed by atoms with van der Waals surface area (Å²) in [7, 11) is 0. The van der Waals surface area contributed by atoms with Crippen molar-refractivity contribution in [2.24, 2.45) is 0 Å². The fourth-order valence-electron chi connectivity index (χ4n) is 4.42. The molecule has 1 unspecified atom stereocenters. The maximum Gasteiger partial charge on any atom is 0.219 e. The first kappa shape index (κ1) is 16.2. The van der Waals surface area contributed by atoms with Crippen molar-refractivity contribution in [2.45, 2.75) is 51.1 Å². The topological polar surface area (TPSA) is 36.0 Å². The van der Waals surface area contributed by atoms with Gasteiger partial charge in [0.15, 0.2) is 0 Å². The number of piperazine rings is 1. The van der Waals surface area contributed by atoms with Gasteiger partial charge in [0.1, 0.15) is 0 Å². The van der Waals surface area contributed by atoms with Crippen LogP contribution >= 0.6 is 0 Å². The second-order valence-corrected chi connectivity index (χ2v) is 7.32. The van der Waals surface area contributed by atoms with Gasteiger partial charge in [0.05, 0.1) is 24.8 Å². The number of morpholine rings is 1. The van der Waals surface area contributed by atoms with Crippen LogP contribution in [0.5, 0.6) is 0 Å². The molecule has 0 aromatic rings. The van der Waals surface area contributed by atoms with Gasteiger partial charge in [0.25, 0.3) is 0 Å². The molecule has 1 amide bonds. The SMILES string of the molecule is CCCCCCN1CC2(C1)CN(C(C)=O)CC1COCCN12. The number of fused-ring (bicyclic) bond motifs is 2. The van der Waals surface area contributed by atoms with Gasteiger partial charge in [-0.2, -0.15) is 0 Å². The van der Waals surface area contributed by atoms with E-state index in [1.54, 1.807) is 6.92 Å². The first-order valence-electron chi connectivity index (χ1n) is 8.97. The first-order valence-corrected chi connectivity index (χ1v) is 8.97. The van der Waals surface area contributed by atoms with Crippen LogP contribution in [0, 0.1) is 0 Å². The average molecular weight is 309 g/mol. The van der Waals surface area contributed by atoms with Gasteiger partial charge in [0.2, 0.25) is 5.91 Å². The molecule has 126 valence electrons. The zero-order chi connectivity index (χ0) is 15.6. The summed E-state index contributed by atoms with van der Waals surface area (Å²) in [5, 5.41) is 0. The molecule has 0 aromatic carbocycles. The summed E-state index contributed by atoms with van der Waals surface area (Å²) in [4.78, 5) is 19.2. The maximum absolute atomic E-state index is 11.9. The summed E-state index contributed by atoms with van der Waals surface area (Å²) < 4.78 is 5.65. The van der Waals surface area contributed by atoms with Crippen LogP contribution in [0.2, 0.25) is 0 Å². The summed E-state index contributed by atoms with van der Waals surface area (Å²) in [6, 6.07) is 0.397. The molecule has 0 saturated carbocycles. The van der Waals surface area contributed by atoms with Crippen LogP contribution < -0.4 is 0 Å². The molecule has 5 heteroatoms. The number of carbonyl (C=O) groups is 1. The Kier molecular flexibility index (Phi) is 5.05. The van der Waals surface area contributed by atoms with E-state index in [0.29, 0.717) is 6.04 Å². The van der Waals surface area contributed by atoms with Crippen LogP contribution in [0.1, 0.15) is 39.5 Å². The Morgan fingerprint density at radius 2 is 2.05 bits per heavy atom. The van der Waals surface area contributed by atoms with Gasteiger partial charge in [-0.05, 0) is 13.0 Å². The standard InChI is InChI=1S/C17H31N3O2/c1-3-4-5-6-7-18-12-17(13-18)14-19(15(2)21)10-16-11-22-9-8-20(16)17/h16H,3-14H2,1-2H3. The Balaban J connectivity index is 1.57. The molecular weight excluding hydrogens is 278 g/mol. The van der Waals surface area contributed by atoms with E-state index >= 15 is 0 Å². The Bertz CT molecular complexity index is 395. The number of rotatable bonds is 5. The van der Waals surface area contributed by atoms with Crippen molar-refractivity contribution in [3.05, 3.63) is 0 Å². The number of hydrogen-bond acceptors (Lipinski definition) is 4. The molecule has 3 aliphatic rings. The fourth-order valence-corrected chi connectivity index (χ4v) is 4.42. The Morgan fingerprint density at radius 1 is 1.23 bits per heavy atom. The number of carbonyl (C=O) groups excluding carboxylic acids is 1. The predicted octanol–water partition coefficient (Wildman–Crippen LogP) is 1.18. The third-order valence-electron chi connectivity index (χ3n) is 5.56. The molecule has 1 spiro atoms. The van der Waals surface area contributed by atoms with Gasteiger partial charge in [-0.1, -0.05) is 26.2 Å². The minimum absolute atomic E-state index is 0.198. The van der Waals surface area contributed by atoms with Gasteiger partial charge in [-0.25, -0.2) is 0 Å². The highest BCUT2D eigenvalue weighted by molar-refractivity contribution is 5.73. The lowest BCUT2D eigenvalue weighted by molar-refractivity contribution is -0.173. The highest BCUT2D eigenvalue weighted by Gasteiger charge is 2.54. The molecule has 3 fully saturated rings. The van der Waals surface area contributed by atoms with Crippen LogP contribution in [0.3, 0.4) is 0 Å². The van der Waals surface area contributed by atoms with Crippen molar-refractivity contribution in [1.82, 2.24) is 14.7 Å². The summed E-state index contributed by atoms with van der Waals surface area (Å²) in [5.41, 5.74) is 0.198. The van der Waals surface area contributed by atoms with Gasteiger partial charge in [-0.3, -0.25) is 14.6 Å². The second-order valence-electron chi connectivity index (χ2n) is 7.32. The molecular formula is C17H31N3O2. The number of likely N-dealkylation sites (tertiary alicyclic amines) is 1. The molecule has 0 bridgehead atoms. The highest BCUT2D eigenvalue weighted by Crippen LogP contribution is 2.35. The van der Waals surface area contributed by atoms with E-state index in [4.69, 9.17) is 4.74 Å². The molecule has 22 heavy (non-hydrogen) atoms. The highest BCUT2D eigenvalue weighted by atomic mass is 16.5. The molecule has 3 heterocycles. The summed E-state index contributed by atoms with van der Waals surface area (Å²) in [6.07, 6.45) is 5.31. The summed E-state index contributed by atoms with van der Waals surface area (Å²) in [5.74, 6) is 0.214. The summed E-state index contributed by atoms with van der Waals surface area (Å²) >= 11 is 0. The number of hydrogen-bond donors (Lipinski definition) is 0. The predicted molar refractivity (Wildman–Crippen MR) is 86.9 cm³/mol. The minimum atomic E-state index is 0.198. The van der Waals surface area contributed by atoms with Gasteiger partial charge >= 0.3 is 0 Å². The molecule has 5 nitrogen and oxygen atoms in total. The zero-order valence-corrected chi connectivity index (χ0v) is 14.2. The monoisotopic (exact) mass is 309 g/mol.